The van der Waals surface area contributed by atoms with Crippen LogP contribution in [0.2, 0.25) is 0 Å². The monoisotopic (exact) mass is 567 g/mol. The molecule has 9 heteroatoms. The predicted octanol–water partition coefficient (Wildman–Crippen LogP) is 5.08. The molecule has 0 saturated carbocycles. The Morgan fingerprint density at radius 3 is 2.10 bits per heavy atom. The number of hydrogen-bond acceptors (Lipinski definition) is 4. The lowest BCUT2D eigenvalue weighted by Gasteiger charge is -2.32. The second-order valence-electron chi connectivity index (χ2n) is 10.2. The van der Waals surface area contributed by atoms with Crippen LogP contribution < -0.4 is 9.62 Å². The molecule has 0 aliphatic heterocycles. The maximum Gasteiger partial charge on any atom is 0.264 e. The molecule has 0 aliphatic rings. The average Bonchev–Trinajstić information content (AvgIpc) is 2.93. The number of benzene rings is 3. The van der Waals surface area contributed by atoms with Crippen LogP contribution in [0, 0.1) is 18.7 Å². The Bertz CT molecular complexity index is 1420. The summed E-state index contributed by atoms with van der Waals surface area (Å²) in [5.74, 6) is -1.36. The molecule has 7 nitrogen and oxygen atoms in total. The quantitative estimate of drug-likeness (QED) is 0.331. The standard InChI is InChI=1S/C31H38FN3O4S/c1-6-25-11-8-10-14-29(25)35(40(38,39)27-17-15-23(4)16-18-27)21-30(36)34(20-26-12-7-9-13-28(26)32)24(5)31(37)33-19-22(2)3/h7-18,22,24H,6,19-21H2,1-5H3,(H,33,37)/t24-/m0/s1. The van der Waals surface area contributed by atoms with Crippen molar-refractivity contribution in [2.24, 2.45) is 5.92 Å². The zero-order valence-electron chi connectivity index (χ0n) is 23.7. The van der Waals surface area contributed by atoms with Crippen LogP contribution in [0.15, 0.2) is 77.7 Å². The van der Waals surface area contributed by atoms with Crippen molar-refractivity contribution in [1.29, 1.82) is 0 Å². The van der Waals surface area contributed by atoms with E-state index in [0.717, 1.165) is 15.4 Å². The summed E-state index contributed by atoms with van der Waals surface area (Å²) in [5.41, 5.74) is 2.24. The zero-order chi connectivity index (χ0) is 29.4. The summed E-state index contributed by atoms with van der Waals surface area (Å²) in [6.45, 7) is 8.87. The Balaban J connectivity index is 2.06. The molecular weight excluding hydrogens is 529 g/mol. The van der Waals surface area contributed by atoms with E-state index in [9.17, 15) is 22.4 Å². The first-order valence-electron chi connectivity index (χ1n) is 13.4. The number of sulfonamides is 1. The number of amides is 2. The molecule has 3 aromatic rings. The molecule has 2 amide bonds. The second-order valence-corrected chi connectivity index (χ2v) is 12.1. The van der Waals surface area contributed by atoms with Gasteiger partial charge in [-0.15, -0.1) is 0 Å². The lowest BCUT2D eigenvalue weighted by molar-refractivity contribution is -0.139. The van der Waals surface area contributed by atoms with Gasteiger partial charge in [-0.25, -0.2) is 12.8 Å². The fourth-order valence-electron chi connectivity index (χ4n) is 4.25. The number of carbonyl (C=O) groups is 2. The van der Waals surface area contributed by atoms with Crippen LogP contribution in [0.25, 0.3) is 0 Å². The molecule has 214 valence electrons. The Morgan fingerprint density at radius 1 is 0.900 bits per heavy atom. The van der Waals surface area contributed by atoms with Crippen molar-refractivity contribution < 1.29 is 22.4 Å². The SMILES string of the molecule is CCc1ccccc1N(CC(=O)N(Cc1ccccc1F)[C@@H](C)C(=O)NCC(C)C)S(=O)(=O)c1ccc(C)cc1. The maximum absolute atomic E-state index is 14.7. The molecule has 40 heavy (non-hydrogen) atoms. The molecule has 3 rings (SSSR count). The minimum atomic E-state index is -4.17. The van der Waals surface area contributed by atoms with Gasteiger partial charge in [-0.2, -0.15) is 0 Å². The van der Waals surface area contributed by atoms with Gasteiger partial charge in [0.25, 0.3) is 10.0 Å². The fourth-order valence-corrected chi connectivity index (χ4v) is 5.70. The molecule has 0 radical (unpaired) electrons. The van der Waals surface area contributed by atoms with Crippen LogP contribution in [-0.4, -0.2) is 44.3 Å². The van der Waals surface area contributed by atoms with Crippen LogP contribution in [0.4, 0.5) is 10.1 Å². The minimum absolute atomic E-state index is 0.0418. The van der Waals surface area contributed by atoms with Crippen LogP contribution in [-0.2, 0) is 32.6 Å². The lowest BCUT2D eigenvalue weighted by Crippen LogP contribution is -2.51. The number of aryl methyl sites for hydroxylation is 2. The predicted molar refractivity (Wildman–Crippen MR) is 156 cm³/mol. The van der Waals surface area contributed by atoms with Crippen LogP contribution in [0.1, 0.15) is 44.4 Å². The highest BCUT2D eigenvalue weighted by Gasteiger charge is 2.33. The largest absolute Gasteiger partial charge is 0.354 e. The van der Waals surface area contributed by atoms with Crippen molar-refractivity contribution in [2.75, 3.05) is 17.4 Å². The molecule has 3 aromatic carbocycles. The number of rotatable bonds is 12. The maximum atomic E-state index is 14.7. The summed E-state index contributed by atoms with van der Waals surface area (Å²) in [5, 5.41) is 2.82. The number of nitrogens with zero attached hydrogens (tertiary/aromatic N) is 2. The number of hydrogen-bond donors (Lipinski definition) is 1. The van der Waals surface area contributed by atoms with Gasteiger partial charge >= 0.3 is 0 Å². The first kappa shape index (κ1) is 30.8. The number of halogens is 1. The molecule has 0 spiro atoms. The first-order valence-corrected chi connectivity index (χ1v) is 14.9. The van der Waals surface area contributed by atoms with Crippen molar-refractivity contribution in [3.63, 3.8) is 0 Å². The van der Waals surface area contributed by atoms with Gasteiger partial charge < -0.3 is 10.2 Å². The smallest absolute Gasteiger partial charge is 0.264 e. The zero-order valence-corrected chi connectivity index (χ0v) is 24.5. The highest BCUT2D eigenvalue weighted by Crippen LogP contribution is 2.28. The minimum Gasteiger partial charge on any atom is -0.354 e. The van der Waals surface area contributed by atoms with Crippen LogP contribution in [0.5, 0.6) is 0 Å². The van der Waals surface area contributed by atoms with Gasteiger partial charge in [-0.05, 0) is 56.0 Å². The number of nitrogens with one attached hydrogen (secondary N) is 1. The van der Waals surface area contributed by atoms with E-state index < -0.39 is 40.2 Å². The van der Waals surface area contributed by atoms with Gasteiger partial charge in [0.05, 0.1) is 10.6 Å². The van der Waals surface area contributed by atoms with Gasteiger partial charge in [-0.3, -0.25) is 13.9 Å². The van der Waals surface area contributed by atoms with Gasteiger partial charge in [-0.1, -0.05) is 74.9 Å². The molecule has 0 bridgehead atoms. The Labute approximate surface area is 237 Å². The van der Waals surface area contributed by atoms with Crippen molar-refractivity contribution in [1.82, 2.24) is 10.2 Å². The third kappa shape index (κ3) is 7.47. The van der Waals surface area contributed by atoms with E-state index in [-0.39, 0.29) is 22.9 Å². The molecule has 0 unspecified atom stereocenters. The number of para-hydroxylation sites is 1. The number of carbonyl (C=O) groups excluding carboxylic acids is 2. The molecule has 0 aromatic heterocycles. The molecule has 0 aliphatic carbocycles. The van der Waals surface area contributed by atoms with E-state index in [2.05, 4.69) is 5.32 Å². The highest BCUT2D eigenvalue weighted by atomic mass is 32.2. The van der Waals surface area contributed by atoms with E-state index in [1.54, 1.807) is 49.4 Å². The Hall–Kier alpha value is -3.72. The van der Waals surface area contributed by atoms with E-state index >= 15 is 0 Å². The van der Waals surface area contributed by atoms with Crippen LogP contribution in [0.3, 0.4) is 0 Å². The van der Waals surface area contributed by atoms with E-state index in [1.165, 1.54) is 23.1 Å². The van der Waals surface area contributed by atoms with Crippen molar-refractivity contribution >= 4 is 27.5 Å². The molecule has 0 heterocycles. The summed E-state index contributed by atoms with van der Waals surface area (Å²) in [4.78, 5) is 28.3. The summed E-state index contributed by atoms with van der Waals surface area (Å²) in [6, 6.07) is 18.5. The first-order chi connectivity index (χ1) is 18.9. The second kappa shape index (κ2) is 13.6. The number of anilines is 1. The molecule has 1 N–H and O–H groups in total. The van der Waals surface area contributed by atoms with E-state index in [0.29, 0.717) is 18.7 Å². The Kier molecular flexibility index (Phi) is 10.5. The highest BCUT2D eigenvalue weighted by molar-refractivity contribution is 7.92. The van der Waals surface area contributed by atoms with Gasteiger partial charge in [0.1, 0.15) is 18.4 Å². The summed E-state index contributed by atoms with van der Waals surface area (Å²) in [6.07, 6.45) is 0.539. The topological polar surface area (TPSA) is 86.8 Å². The summed E-state index contributed by atoms with van der Waals surface area (Å²) < 4.78 is 43.7. The van der Waals surface area contributed by atoms with Crippen LogP contribution >= 0.6 is 0 Å². The Morgan fingerprint density at radius 2 is 1.50 bits per heavy atom. The average molecular weight is 568 g/mol. The summed E-state index contributed by atoms with van der Waals surface area (Å²) >= 11 is 0. The van der Waals surface area contributed by atoms with E-state index in [1.807, 2.05) is 39.8 Å². The van der Waals surface area contributed by atoms with Gasteiger partial charge in [0, 0.05) is 18.7 Å². The third-order valence-electron chi connectivity index (χ3n) is 6.68. The molecule has 1 atom stereocenters. The van der Waals surface area contributed by atoms with Gasteiger partial charge in [0.15, 0.2) is 0 Å². The van der Waals surface area contributed by atoms with Crippen molar-refractivity contribution in [3.8, 4) is 0 Å². The van der Waals surface area contributed by atoms with E-state index in [4.69, 9.17) is 0 Å². The van der Waals surface area contributed by atoms with Gasteiger partial charge in [0.2, 0.25) is 11.8 Å². The van der Waals surface area contributed by atoms with Crippen molar-refractivity contribution in [2.45, 2.75) is 58.5 Å². The summed E-state index contributed by atoms with van der Waals surface area (Å²) in [7, 11) is -4.17. The fraction of sp³-hybridized carbons (Fsp3) is 0.355. The molecule has 0 fully saturated rings. The molecule has 0 saturated heterocycles. The lowest BCUT2D eigenvalue weighted by atomic mass is 10.1. The van der Waals surface area contributed by atoms with Crippen molar-refractivity contribution in [3.05, 3.63) is 95.3 Å². The normalized spacial score (nSPS) is 12.2. The third-order valence-corrected chi connectivity index (χ3v) is 8.45. The molecular formula is C31H38FN3O4S.